The average molecular weight is 507 g/mol. The van der Waals surface area contributed by atoms with Crippen molar-refractivity contribution in [3.63, 3.8) is 0 Å². The van der Waals surface area contributed by atoms with E-state index < -0.39 is 28.9 Å². The molecule has 0 radical (unpaired) electrons. The van der Waals surface area contributed by atoms with Gasteiger partial charge in [0.15, 0.2) is 0 Å². The molecule has 1 aliphatic rings. The lowest BCUT2D eigenvalue weighted by Gasteiger charge is -2.41. The fourth-order valence-corrected chi connectivity index (χ4v) is 5.73. The van der Waals surface area contributed by atoms with Gasteiger partial charge >= 0.3 is 12.1 Å². The Kier molecular flexibility index (Phi) is 6.58. The number of aromatic nitrogens is 3. The van der Waals surface area contributed by atoms with Crippen LogP contribution in [-0.2, 0) is 16.6 Å². The van der Waals surface area contributed by atoms with Gasteiger partial charge in [0.2, 0.25) is 5.95 Å². The Morgan fingerprint density at radius 2 is 2.00 bits per heavy atom. The lowest BCUT2D eigenvalue weighted by Crippen LogP contribution is -2.39. The molecule has 0 spiro atoms. The second kappa shape index (κ2) is 9.19. The smallest absolute Gasteiger partial charge is 0.433 e. The molecule has 0 unspecified atom stereocenters. The van der Waals surface area contributed by atoms with Gasteiger partial charge in [-0.05, 0) is 67.3 Å². The number of carboxylic acids is 1. The molecule has 11 heteroatoms. The number of rotatable bonds is 6. The van der Waals surface area contributed by atoms with Crippen molar-refractivity contribution < 1.29 is 28.2 Å². The fraction of sp³-hybridized carbons (Fsp3) is 0.417. The van der Waals surface area contributed by atoms with Gasteiger partial charge in [-0.2, -0.15) is 13.2 Å². The standard InChI is InChI=1S/C24H25F3N4O3S/c1-14-8-15(10-16(9-14)30-21-28-7-4-18(31-21)24(25,26)27)17-12-29-20(35-17)23(34)6-3-5-22(2,13-23)11-19(32)33/h4,7-10,12,34H,3,5-6,11,13H2,1-2H3,(H,32,33)(H,28,30,31)/t22-,23+/m0/s1. The van der Waals surface area contributed by atoms with Crippen molar-refractivity contribution in [2.75, 3.05) is 5.32 Å². The summed E-state index contributed by atoms with van der Waals surface area (Å²) in [5.74, 6) is -1.06. The molecule has 4 rings (SSSR count). The van der Waals surface area contributed by atoms with Gasteiger partial charge in [-0.3, -0.25) is 4.79 Å². The molecule has 1 fully saturated rings. The normalized spacial score (nSPS) is 22.7. The van der Waals surface area contributed by atoms with E-state index in [-0.39, 0.29) is 12.4 Å². The number of carbonyl (C=O) groups is 1. The number of nitrogens with zero attached hydrogens (tertiary/aromatic N) is 3. The second-order valence-electron chi connectivity index (χ2n) is 9.45. The van der Waals surface area contributed by atoms with Gasteiger partial charge in [-0.25, -0.2) is 15.0 Å². The molecule has 0 bridgehead atoms. The largest absolute Gasteiger partial charge is 0.481 e. The van der Waals surface area contributed by atoms with Crippen LogP contribution in [0.4, 0.5) is 24.8 Å². The Bertz CT molecular complexity index is 1250. The number of anilines is 2. The van der Waals surface area contributed by atoms with E-state index in [1.807, 2.05) is 19.9 Å². The van der Waals surface area contributed by atoms with E-state index in [0.717, 1.165) is 34.7 Å². The number of benzene rings is 1. The monoisotopic (exact) mass is 506 g/mol. The van der Waals surface area contributed by atoms with Crippen LogP contribution in [0, 0.1) is 12.3 Å². The number of nitrogens with one attached hydrogen (secondary N) is 1. The van der Waals surface area contributed by atoms with E-state index in [0.29, 0.717) is 30.0 Å². The predicted molar refractivity (Wildman–Crippen MR) is 125 cm³/mol. The van der Waals surface area contributed by atoms with E-state index in [2.05, 4.69) is 20.3 Å². The van der Waals surface area contributed by atoms with E-state index in [1.165, 1.54) is 11.3 Å². The number of thiazole rings is 1. The predicted octanol–water partition coefficient (Wildman–Crippen LogP) is 5.91. The summed E-state index contributed by atoms with van der Waals surface area (Å²) in [6.45, 7) is 3.74. The number of hydrogen-bond donors (Lipinski definition) is 3. The lowest BCUT2D eigenvalue weighted by atomic mass is 9.67. The van der Waals surface area contributed by atoms with Crippen LogP contribution in [0.3, 0.4) is 0 Å². The zero-order chi connectivity index (χ0) is 25.4. The number of halogens is 3. The topological polar surface area (TPSA) is 108 Å². The van der Waals surface area contributed by atoms with E-state index >= 15 is 0 Å². The minimum atomic E-state index is -4.57. The summed E-state index contributed by atoms with van der Waals surface area (Å²) in [7, 11) is 0. The number of aliphatic hydroxyl groups is 1. The van der Waals surface area contributed by atoms with Crippen LogP contribution in [0.2, 0.25) is 0 Å². The van der Waals surface area contributed by atoms with Gasteiger partial charge in [0.25, 0.3) is 0 Å². The van der Waals surface area contributed by atoms with Crippen molar-refractivity contribution in [2.45, 2.75) is 57.7 Å². The van der Waals surface area contributed by atoms with Crippen LogP contribution in [0.15, 0.2) is 36.7 Å². The molecule has 7 nitrogen and oxygen atoms in total. The molecule has 2 atom stereocenters. The first-order valence-corrected chi connectivity index (χ1v) is 11.9. The van der Waals surface area contributed by atoms with Crippen molar-refractivity contribution in [3.05, 3.63) is 52.9 Å². The highest BCUT2D eigenvalue weighted by Crippen LogP contribution is 2.49. The summed E-state index contributed by atoms with van der Waals surface area (Å²) < 4.78 is 38.9. The van der Waals surface area contributed by atoms with Crippen LogP contribution < -0.4 is 5.32 Å². The quantitative estimate of drug-likeness (QED) is 0.381. The maximum absolute atomic E-state index is 13.0. The third kappa shape index (κ3) is 5.79. The van der Waals surface area contributed by atoms with Crippen molar-refractivity contribution in [3.8, 4) is 10.4 Å². The molecule has 3 N–H and O–H groups in total. The molecule has 2 aromatic heterocycles. The number of aliphatic carboxylic acids is 1. The minimum absolute atomic E-state index is 0.0158. The Balaban J connectivity index is 1.59. The third-order valence-electron chi connectivity index (χ3n) is 6.14. The first kappa shape index (κ1) is 25.1. The molecule has 1 saturated carbocycles. The van der Waals surface area contributed by atoms with Crippen LogP contribution in [0.5, 0.6) is 0 Å². The van der Waals surface area contributed by atoms with Crippen LogP contribution >= 0.6 is 11.3 Å². The first-order chi connectivity index (χ1) is 16.4. The van der Waals surface area contributed by atoms with Crippen molar-refractivity contribution >= 4 is 28.9 Å². The maximum Gasteiger partial charge on any atom is 0.433 e. The number of alkyl halides is 3. The number of aryl methyl sites for hydroxylation is 1. The van der Waals surface area contributed by atoms with Crippen molar-refractivity contribution in [2.24, 2.45) is 5.41 Å². The molecule has 1 aliphatic carbocycles. The zero-order valence-corrected chi connectivity index (χ0v) is 20.0. The number of carboxylic acid groups (broad SMARTS) is 1. The Morgan fingerprint density at radius 3 is 2.71 bits per heavy atom. The summed E-state index contributed by atoms with van der Waals surface area (Å²) in [6, 6.07) is 6.24. The summed E-state index contributed by atoms with van der Waals surface area (Å²) in [5, 5.41) is 24.0. The van der Waals surface area contributed by atoms with Gasteiger partial charge in [-0.15, -0.1) is 11.3 Å². The molecule has 0 aliphatic heterocycles. The second-order valence-corrected chi connectivity index (χ2v) is 10.5. The molecule has 186 valence electrons. The van der Waals surface area contributed by atoms with Gasteiger partial charge in [-0.1, -0.05) is 13.0 Å². The Labute approximate surface area is 204 Å². The summed E-state index contributed by atoms with van der Waals surface area (Å²) in [4.78, 5) is 24.0. The highest BCUT2D eigenvalue weighted by atomic mass is 32.1. The third-order valence-corrected chi connectivity index (χ3v) is 7.38. The van der Waals surface area contributed by atoms with Gasteiger partial charge in [0.1, 0.15) is 16.3 Å². The van der Waals surface area contributed by atoms with Crippen molar-refractivity contribution in [1.29, 1.82) is 0 Å². The maximum atomic E-state index is 13.0. The molecular weight excluding hydrogens is 481 g/mol. The molecular formula is C24H25F3N4O3S. The molecule has 3 aromatic rings. The molecule has 0 saturated heterocycles. The highest BCUT2D eigenvalue weighted by molar-refractivity contribution is 7.15. The Morgan fingerprint density at radius 1 is 1.23 bits per heavy atom. The zero-order valence-electron chi connectivity index (χ0n) is 19.2. The Hall–Kier alpha value is -3.05. The SMILES string of the molecule is Cc1cc(Nc2nccc(C(F)(F)F)n2)cc(-c2cnc([C@@]3(O)CCC[C@@](C)(CC(=O)O)C3)s2)c1. The molecule has 0 amide bonds. The molecule has 2 heterocycles. The van der Waals surface area contributed by atoms with Gasteiger partial charge < -0.3 is 15.5 Å². The average Bonchev–Trinajstić information content (AvgIpc) is 3.23. The van der Waals surface area contributed by atoms with Crippen LogP contribution in [0.1, 0.15) is 55.3 Å². The minimum Gasteiger partial charge on any atom is -0.481 e. The molecule has 1 aromatic carbocycles. The van der Waals surface area contributed by atoms with Gasteiger partial charge in [0, 0.05) is 18.1 Å². The lowest BCUT2D eigenvalue weighted by molar-refractivity contribution is -0.142. The highest BCUT2D eigenvalue weighted by Gasteiger charge is 2.45. The summed E-state index contributed by atoms with van der Waals surface area (Å²) in [6.07, 6.45) is 0.354. The van der Waals surface area contributed by atoms with Crippen LogP contribution in [-0.4, -0.2) is 31.1 Å². The first-order valence-electron chi connectivity index (χ1n) is 11.1. The van der Waals surface area contributed by atoms with Gasteiger partial charge in [0.05, 0.1) is 11.3 Å². The van der Waals surface area contributed by atoms with Crippen molar-refractivity contribution in [1.82, 2.24) is 15.0 Å². The van der Waals surface area contributed by atoms with E-state index in [4.69, 9.17) is 0 Å². The summed E-state index contributed by atoms with van der Waals surface area (Å²) >= 11 is 1.32. The molecule has 35 heavy (non-hydrogen) atoms. The summed E-state index contributed by atoms with van der Waals surface area (Å²) in [5.41, 5.74) is -0.614. The fourth-order valence-electron chi connectivity index (χ4n) is 4.72. The van der Waals surface area contributed by atoms with E-state index in [1.54, 1.807) is 18.3 Å². The number of hydrogen-bond acceptors (Lipinski definition) is 7. The van der Waals surface area contributed by atoms with E-state index in [9.17, 15) is 28.2 Å². The van der Waals surface area contributed by atoms with Crippen LogP contribution in [0.25, 0.3) is 10.4 Å².